The number of hydrogen-bond donors (Lipinski definition) is 1. The van der Waals surface area contributed by atoms with Gasteiger partial charge in [0.2, 0.25) is 5.88 Å². The van der Waals surface area contributed by atoms with Crippen LogP contribution in [0.5, 0.6) is 5.88 Å². The monoisotopic (exact) mass is 320 g/mol. The van der Waals surface area contributed by atoms with Gasteiger partial charge in [-0.2, -0.15) is 0 Å². The fourth-order valence-electron chi connectivity index (χ4n) is 1.73. The highest BCUT2D eigenvalue weighted by molar-refractivity contribution is 9.10. The van der Waals surface area contributed by atoms with Gasteiger partial charge in [0, 0.05) is 22.8 Å². The van der Waals surface area contributed by atoms with Crippen LogP contribution in [0.4, 0.5) is 0 Å². The molecule has 19 heavy (non-hydrogen) atoms. The van der Waals surface area contributed by atoms with Crippen LogP contribution >= 0.6 is 15.9 Å². The Labute approximate surface area is 122 Å². The Morgan fingerprint density at radius 1 is 1.26 bits per heavy atom. The number of nitrogens with zero attached hydrogens (tertiary/aromatic N) is 1. The molecule has 0 aliphatic carbocycles. The third-order valence-corrected chi connectivity index (χ3v) is 3.17. The van der Waals surface area contributed by atoms with Crippen LogP contribution in [0, 0.1) is 0 Å². The number of ether oxygens (including phenoxy) is 1. The maximum absolute atomic E-state index is 5.80. The highest BCUT2D eigenvalue weighted by atomic mass is 79.9. The Hall–Kier alpha value is -1.39. The van der Waals surface area contributed by atoms with E-state index in [2.05, 4.69) is 33.2 Å². The topological polar surface area (TPSA) is 34.2 Å². The highest BCUT2D eigenvalue weighted by Gasteiger charge is 2.04. The molecule has 0 amide bonds. The average molecular weight is 321 g/mol. The number of rotatable bonds is 6. The minimum Gasteiger partial charge on any atom is -0.473 e. The molecule has 4 heteroatoms. The molecule has 1 N–H and O–H groups in total. The molecule has 0 atom stereocenters. The van der Waals surface area contributed by atoms with Crippen molar-refractivity contribution in [2.45, 2.75) is 20.1 Å². The van der Waals surface area contributed by atoms with E-state index in [1.165, 1.54) is 0 Å². The van der Waals surface area contributed by atoms with Crippen molar-refractivity contribution in [3.8, 4) is 5.88 Å². The first-order valence-corrected chi connectivity index (χ1v) is 7.10. The Kier molecular flexibility index (Phi) is 5.36. The molecule has 1 aromatic heterocycles. The van der Waals surface area contributed by atoms with Gasteiger partial charge < -0.3 is 10.1 Å². The second kappa shape index (κ2) is 7.26. The van der Waals surface area contributed by atoms with Crippen molar-refractivity contribution >= 4 is 15.9 Å². The molecule has 0 aliphatic heterocycles. The van der Waals surface area contributed by atoms with Crippen molar-refractivity contribution in [1.82, 2.24) is 10.3 Å². The van der Waals surface area contributed by atoms with E-state index in [0.29, 0.717) is 12.5 Å². The summed E-state index contributed by atoms with van der Waals surface area (Å²) < 4.78 is 6.86. The van der Waals surface area contributed by atoms with Gasteiger partial charge in [0.25, 0.3) is 0 Å². The van der Waals surface area contributed by atoms with Crippen molar-refractivity contribution in [3.63, 3.8) is 0 Å². The summed E-state index contributed by atoms with van der Waals surface area (Å²) in [5, 5.41) is 3.28. The lowest BCUT2D eigenvalue weighted by Crippen LogP contribution is -2.13. The molecule has 2 aromatic rings. The maximum Gasteiger partial charge on any atom is 0.218 e. The Morgan fingerprint density at radius 3 is 2.95 bits per heavy atom. The second-order valence-electron chi connectivity index (χ2n) is 4.17. The summed E-state index contributed by atoms with van der Waals surface area (Å²) in [6, 6.07) is 12.1. The predicted molar refractivity (Wildman–Crippen MR) is 80.1 cm³/mol. The largest absolute Gasteiger partial charge is 0.473 e. The quantitative estimate of drug-likeness (QED) is 0.884. The standard InChI is InChI=1S/C15H17BrN2O/c1-2-17-10-13-6-4-8-18-15(13)19-11-12-5-3-7-14(16)9-12/h3-9,17H,2,10-11H2,1H3. The molecule has 2 rings (SSSR count). The smallest absolute Gasteiger partial charge is 0.218 e. The first kappa shape index (κ1) is 14.0. The number of aromatic nitrogens is 1. The lowest BCUT2D eigenvalue weighted by Gasteiger charge is -2.10. The van der Waals surface area contributed by atoms with E-state index in [4.69, 9.17) is 4.74 Å². The summed E-state index contributed by atoms with van der Waals surface area (Å²) in [5.74, 6) is 0.698. The summed E-state index contributed by atoms with van der Waals surface area (Å²) in [7, 11) is 0. The SMILES string of the molecule is CCNCc1cccnc1OCc1cccc(Br)c1. The Morgan fingerprint density at radius 2 is 2.16 bits per heavy atom. The second-order valence-corrected chi connectivity index (χ2v) is 5.08. The average Bonchev–Trinajstić information content (AvgIpc) is 2.44. The van der Waals surface area contributed by atoms with Crippen molar-refractivity contribution in [2.75, 3.05) is 6.54 Å². The summed E-state index contributed by atoms with van der Waals surface area (Å²) in [6.07, 6.45) is 1.76. The molecular weight excluding hydrogens is 304 g/mol. The third kappa shape index (κ3) is 4.33. The summed E-state index contributed by atoms with van der Waals surface area (Å²) >= 11 is 3.46. The van der Waals surface area contributed by atoms with Gasteiger partial charge in [0.1, 0.15) is 6.61 Å². The Balaban J connectivity index is 2.02. The zero-order chi connectivity index (χ0) is 13.5. The highest BCUT2D eigenvalue weighted by Crippen LogP contribution is 2.17. The van der Waals surface area contributed by atoms with Crippen molar-refractivity contribution in [3.05, 3.63) is 58.2 Å². The Bertz CT molecular complexity index is 531. The van der Waals surface area contributed by atoms with Crippen LogP contribution in [0.25, 0.3) is 0 Å². The molecule has 0 bridgehead atoms. The van der Waals surface area contributed by atoms with Crippen LogP contribution in [-0.2, 0) is 13.2 Å². The number of benzene rings is 1. The summed E-state index contributed by atoms with van der Waals surface area (Å²) in [4.78, 5) is 4.30. The van der Waals surface area contributed by atoms with E-state index in [0.717, 1.165) is 28.7 Å². The van der Waals surface area contributed by atoms with Crippen molar-refractivity contribution < 1.29 is 4.74 Å². The fraction of sp³-hybridized carbons (Fsp3) is 0.267. The number of halogens is 1. The van der Waals surface area contributed by atoms with Gasteiger partial charge in [0.05, 0.1) is 0 Å². The zero-order valence-corrected chi connectivity index (χ0v) is 12.5. The molecule has 0 spiro atoms. The van der Waals surface area contributed by atoms with E-state index in [9.17, 15) is 0 Å². The van der Waals surface area contributed by atoms with Gasteiger partial charge in [-0.3, -0.25) is 0 Å². The van der Waals surface area contributed by atoms with E-state index < -0.39 is 0 Å². The van der Waals surface area contributed by atoms with Gasteiger partial charge in [-0.25, -0.2) is 4.98 Å². The van der Waals surface area contributed by atoms with Crippen molar-refractivity contribution in [1.29, 1.82) is 0 Å². The molecule has 3 nitrogen and oxygen atoms in total. The number of pyridine rings is 1. The molecule has 0 aliphatic rings. The molecule has 1 heterocycles. The molecule has 0 saturated heterocycles. The van der Waals surface area contributed by atoms with Crippen LogP contribution in [0.15, 0.2) is 47.1 Å². The first-order chi connectivity index (χ1) is 9.29. The molecule has 0 fully saturated rings. The number of hydrogen-bond acceptors (Lipinski definition) is 3. The normalized spacial score (nSPS) is 10.4. The third-order valence-electron chi connectivity index (χ3n) is 2.68. The van der Waals surface area contributed by atoms with E-state index >= 15 is 0 Å². The molecule has 0 unspecified atom stereocenters. The summed E-state index contributed by atoms with van der Waals surface area (Å²) in [5.41, 5.74) is 2.20. The van der Waals surface area contributed by atoms with Crippen LogP contribution in [0.1, 0.15) is 18.1 Å². The van der Waals surface area contributed by atoms with Gasteiger partial charge in [-0.05, 0) is 30.3 Å². The minimum atomic E-state index is 0.523. The molecule has 0 radical (unpaired) electrons. The minimum absolute atomic E-state index is 0.523. The lowest BCUT2D eigenvalue weighted by atomic mass is 10.2. The van der Waals surface area contributed by atoms with Gasteiger partial charge in [0.15, 0.2) is 0 Å². The van der Waals surface area contributed by atoms with E-state index in [-0.39, 0.29) is 0 Å². The van der Waals surface area contributed by atoms with Crippen LogP contribution in [-0.4, -0.2) is 11.5 Å². The molecule has 100 valence electrons. The molecular formula is C15H17BrN2O. The molecule has 1 aromatic carbocycles. The van der Waals surface area contributed by atoms with Crippen LogP contribution < -0.4 is 10.1 Å². The predicted octanol–water partition coefficient (Wildman–Crippen LogP) is 3.53. The van der Waals surface area contributed by atoms with E-state index in [1.807, 2.05) is 36.4 Å². The zero-order valence-electron chi connectivity index (χ0n) is 10.9. The summed E-state index contributed by atoms with van der Waals surface area (Å²) in [6.45, 7) is 4.31. The van der Waals surface area contributed by atoms with Crippen molar-refractivity contribution in [2.24, 2.45) is 0 Å². The lowest BCUT2D eigenvalue weighted by molar-refractivity contribution is 0.289. The van der Waals surface area contributed by atoms with Gasteiger partial charge in [-0.15, -0.1) is 0 Å². The van der Waals surface area contributed by atoms with Gasteiger partial charge in [-0.1, -0.05) is 41.1 Å². The first-order valence-electron chi connectivity index (χ1n) is 6.31. The van der Waals surface area contributed by atoms with Crippen LogP contribution in [0.2, 0.25) is 0 Å². The van der Waals surface area contributed by atoms with Gasteiger partial charge >= 0.3 is 0 Å². The maximum atomic E-state index is 5.80. The van der Waals surface area contributed by atoms with E-state index in [1.54, 1.807) is 6.20 Å². The number of nitrogens with one attached hydrogen (secondary N) is 1. The fourth-order valence-corrected chi connectivity index (χ4v) is 2.17. The van der Waals surface area contributed by atoms with Crippen LogP contribution in [0.3, 0.4) is 0 Å². The molecule has 0 saturated carbocycles.